The molecule has 0 spiro atoms. The molecule has 0 heteroatoms. The van der Waals surface area contributed by atoms with Crippen LogP contribution in [0.2, 0.25) is 0 Å². The molecule has 40 heavy (non-hydrogen) atoms. The minimum Gasteiger partial charge on any atom is -0.0837 e. The predicted octanol–water partition coefficient (Wildman–Crippen LogP) is 12.7. The highest BCUT2D eigenvalue weighted by molar-refractivity contribution is 5.37. The maximum Gasteiger partial charge on any atom is -0.0104 e. The molecule has 0 fully saturated rings. The van der Waals surface area contributed by atoms with E-state index < -0.39 is 0 Å². The van der Waals surface area contributed by atoms with Gasteiger partial charge in [-0.15, -0.1) is 0 Å². The smallest absolute Gasteiger partial charge is 0.0104 e. The molecule has 2 aliphatic carbocycles. The van der Waals surface area contributed by atoms with Crippen molar-refractivity contribution < 1.29 is 0 Å². The second-order valence-corrected chi connectivity index (χ2v) is 13.6. The van der Waals surface area contributed by atoms with E-state index in [2.05, 4.69) is 148 Å². The fourth-order valence-electron chi connectivity index (χ4n) is 5.98. The van der Waals surface area contributed by atoms with Crippen LogP contribution in [0.3, 0.4) is 0 Å². The first-order chi connectivity index (χ1) is 18.8. The molecule has 0 bridgehead atoms. The molecule has 0 N–H and O–H groups in total. The van der Waals surface area contributed by atoms with Crippen LogP contribution >= 0.6 is 0 Å². The van der Waals surface area contributed by atoms with E-state index >= 15 is 0 Å². The van der Waals surface area contributed by atoms with Crippen molar-refractivity contribution >= 4 is 0 Å². The maximum absolute atomic E-state index is 2.41. The third-order valence-corrected chi connectivity index (χ3v) is 8.63. The lowest BCUT2D eigenvalue weighted by Gasteiger charge is -2.33. The van der Waals surface area contributed by atoms with E-state index in [0.717, 1.165) is 6.42 Å². The van der Waals surface area contributed by atoms with Crippen molar-refractivity contribution in [3.8, 4) is 0 Å². The first kappa shape index (κ1) is 33.6. The average Bonchev–Trinajstić information content (AvgIpc) is 2.85. The first-order valence-electron chi connectivity index (χ1n) is 15.6. The van der Waals surface area contributed by atoms with Gasteiger partial charge in [0.2, 0.25) is 0 Å². The summed E-state index contributed by atoms with van der Waals surface area (Å²) in [6.45, 7) is 23.0. The van der Waals surface area contributed by atoms with Crippen molar-refractivity contribution in [2.24, 2.45) is 16.7 Å². The fourth-order valence-corrected chi connectivity index (χ4v) is 5.98. The van der Waals surface area contributed by atoms with E-state index in [9.17, 15) is 0 Å². The third kappa shape index (κ3) is 11.5. The lowest BCUT2D eigenvalue weighted by atomic mass is 9.72. The van der Waals surface area contributed by atoms with Crippen LogP contribution in [0.25, 0.3) is 0 Å². The number of allylic oxidation sites excluding steroid dienone is 20. The van der Waals surface area contributed by atoms with Gasteiger partial charge in [0, 0.05) is 0 Å². The zero-order chi connectivity index (χ0) is 29.8. The summed E-state index contributed by atoms with van der Waals surface area (Å²) in [5.41, 5.74) is 10.6. The molecule has 218 valence electrons. The van der Waals surface area contributed by atoms with Crippen molar-refractivity contribution in [3.63, 3.8) is 0 Å². The van der Waals surface area contributed by atoms with Crippen LogP contribution < -0.4 is 0 Å². The highest BCUT2D eigenvalue weighted by Crippen LogP contribution is 2.41. The summed E-state index contributed by atoms with van der Waals surface area (Å²) in [5, 5.41) is 0. The van der Waals surface area contributed by atoms with Gasteiger partial charge in [-0.05, 0) is 107 Å². The summed E-state index contributed by atoms with van der Waals surface area (Å²) in [7, 11) is 0. The summed E-state index contributed by atoms with van der Waals surface area (Å²) in [5.74, 6) is 0.545. The molecule has 0 heterocycles. The van der Waals surface area contributed by atoms with Gasteiger partial charge in [-0.2, -0.15) is 0 Å². The Labute approximate surface area is 248 Å². The molecule has 0 aromatic carbocycles. The van der Waals surface area contributed by atoms with Crippen molar-refractivity contribution in [3.05, 3.63) is 118 Å². The molecule has 2 rings (SSSR count). The average molecular weight is 539 g/mol. The van der Waals surface area contributed by atoms with E-state index in [0.29, 0.717) is 16.7 Å². The highest BCUT2D eigenvalue weighted by atomic mass is 14.3. The number of hydrogen-bond donors (Lipinski definition) is 0. The molecule has 0 unspecified atom stereocenters. The van der Waals surface area contributed by atoms with Crippen LogP contribution in [0.4, 0.5) is 0 Å². The lowest BCUT2D eigenvalue weighted by molar-refractivity contribution is 0.376. The molecule has 0 radical (unpaired) electrons. The van der Waals surface area contributed by atoms with Crippen molar-refractivity contribution in [1.29, 1.82) is 0 Å². The summed E-state index contributed by atoms with van der Waals surface area (Å²) >= 11 is 0. The van der Waals surface area contributed by atoms with E-state index in [1.165, 1.54) is 60.8 Å². The van der Waals surface area contributed by atoms with Crippen LogP contribution in [0.5, 0.6) is 0 Å². The lowest BCUT2D eigenvalue weighted by Crippen LogP contribution is -2.19. The summed E-state index contributed by atoms with van der Waals surface area (Å²) in [6, 6.07) is 0. The Morgan fingerprint density at radius 2 is 1.15 bits per heavy atom. The van der Waals surface area contributed by atoms with E-state index in [4.69, 9.17) is 0 Å². The largest absolute Gasteiger partial charge is 0.0837 e. The Balaban J connectivity index is 1.83. The van der Waals surface area contributed by atoms with Gasteiger partial charge in [-0.3, -0.25) is 0 Å². The normalized spacial score (nSPS) is 22.3. The summed E-state index contributed by atoms with van der Waals surface area (Å²) in [6.07, 6.45) is 37.9. The SMILES string of the molecule is CC1=C(/C=C/C(C)=C/C=C/C(C)=C/C=C/C=C(C)/C=C\C[C@@H](C)/C=C/C2=C(C)CCCC2(C)C)C(C)(C)CCC1. The molecular formula is C40H58. The van der Waals surface area contributed by atoms with Gasteiger partial charge in [0.15, 0.2) is 0 Å². The van der Waals surface area contributed by atoms with E-state index in [-0.39, 0.29) is 0 Å². The molecule has 0 saturated heterocycles. The molecule has 0 aliphatic heterocycles. The van der Waals surface area contributed by atoms with Crippen molar-refractivity contribution in [2.75, 3.05) is 0 Å². The molecule has 0 aromatic heterocycles. The van der Waals surface area contributed by atoms with Gasteiger partial charge in [-0.25, -0.2) is 0 Å². The monoisotopic (exact) mass is 538 g/mol. The fraction of sp³-hybridized carbons (Fsp3) is 0.500. The number of rotatable bonds is 11. The van der Waals surface area contributed by atoms with Crippen molar-refractivity contribution in [1.82, 2.24) is 0 Å². The predicted molar refractivity (Wildman–Crippen MR) is 181 cm³/mol. The first-order valence-corrected chi connectivity index (χ1v) is 15.6. The van der Waals surface area contributed by atoms with Crippen LogP contribution in [0.1, 0.15) is 114 Å². The molecule has 0 nitrogen and oxygen atoms in total. The Bertz CT molecular complexity index is 1150. The minimum absolute atomic E-state index is 0.294. The minimum atomic E-state index is 0.294. The van der Waals surface area contributed by atoms with Crippen LogP contribution in [-0.4, -0.2) is 0 Å². The Morgan fingerprint density at radius 1 is 0.675 bits per heavy atom. The molecule has 2 aliphatic rings. The summed E-state index contributed by atoms with van der Waals surface area (Å²) in [4.78, 5) is 0. The Morgan fingerprint density at radius 3 is 1.70 bits per heavy atom. The molecule has 0 amide bonds. The maximum atomic E-state index is 2.41. The van der Waals surface area contributed by atoms with E-state index in [1.807, 2.05) is 0 Å². The highest BCUT2D eigenvalue weighted by Gasteiger charge is 2.27. The second kappa shape index (κ2) is 16.0. The molecular weight excluding hydrogens is 480 g/mol. The van der Waals surface area contributed by atoms with Gasteiger partial charge >= 0.3 is 0 Å². The van der Waals surface area contributed by atoms with Gasteiger partial charge in [0.1, 0.15) is 0 Å². The Hall–Kier alpha value is -2.60. The van der Waals surface area contributed by atoms with Crippen molar-refractivity contribution in [2.45, 2.75) is 114 Å². The van der Waals surface area contributed by atoms with E-state index in [1.54, 1.807) is 16.7 Å². The summed E-state index contributed by atoms with van der Waals surface area (Å²) < 4.78 is 0. The molecule has 0 aromatic rings. The van der Waals surface area contributed by atoms with Gasteiger partial charge in [0.05, 0.1) is 0 Å². The number of hydrogen-bond acceptors (Lipinski definition) is 0. The quantitative estimate of drug-likeness (QED) is 0.229. The van der Waals surface area contributed by atoms with Crippen LogP contribution in [0, 0.1) is 16.7 Å². The topological polar surface area (TPSA) is 0 Å². The molecule has 0 saturated carbocycles. The van der Waals surface area contributed by atoms with Gasteiger partial charge < -0.3 is 0 Å². The zero-order valence-corrected chi connectivity index (χ0v) is 27.5. The van der Waals surface area contributed by atoms with Crippen LogP contribution in [0.15, 0.2) is 118 Å². The van der Waals surface area contributed by atoms with Gasteiger partial charge in [0.25, 0.3) is 0 Å². The second-order valence-electron chi connectivity index (χ2n) is 13.6. The Kier molecular flexibility index (Phi) is 13.4. The standard InChI is InChI=1S/C40H58/c1-31(19-13-21-33(3)25-27-37-35(5)23-15-29-39(37,7)8)17-11-12-18-32(2)20-14-22-34(4)26-28-38-36(6)24-16-30-40(38,9)10/h11-14,17-21,25-28,34H,15-16,22-24,29-30H2,1-10H3/b12-11+,19-13+,20-14-,27-25+,28-26+,31-17+,32-18+,33-21+/t34-/m1/s1. The zero-order valence-electron chi connectivity index (χ0n) is 27.5. The van der Waals surface area contributed by atoms with Crippen LogP contribution in [-0.2, 0) is 0 Å². The molecule has 1 atom stereocenters. The van der Waals surface area contributed by atoms with Gasteiger partial charge in [-0.1, -0.05) is 141 Å². The third-order valence-electron chi connectivity index (χ3n) is 8.63.